The monoisotopic (exact) mass is 313 g/mol. The molecule has 0 saturated carbocycles. The van der Waals surface area contributed by atoms with Crippen molar-refractivity contribution in [3.8, 4) is 22.9 Å². The van der Waals surface area contributed by atoms with E-state index in [0.29, 0.717) is 27.5 Å². The number of methoxy groups -OCH3 is 1. The summed E-state index contributed by atoms with van der Waals surface area (Å²) in [7, 11) is 1.47. The summed E-state index contributed by atoms with van der Waals surface area (Å²) in [5.74, 6) is 1.13. The number of aryl methyl sites for hydroxylation is 1. The molecule has 0 atom stereocenters. The van der Waals surface area contributed by atoms with E-state index in [9.17, 15) is 5.11 Å². The second-order valence-electron chi connectivity index (χ2n) is 3.65. The van der Waals surface area contributed by atoms with E-state index >= 15 is 0 Å². The molecular formula is C11H12BrN3O3. The number of hydrogen-bond acceptors (Lipinski definition) is 6. The summed E-state index contributed by atoms with van der Waals surface area (Å²) < 4.78 is 10.7. The molecule has 0 spiro atoms. The van der Waals surface area contributed by atoms with E-state index in [2.05, 4.69) is 26.1 Å². The van der Waals surface area contributed by atoms with Crippen molar-refractivity contribution in [1.29, 1.82) is 0 Å². The van der Waals surface area contributed by atoms with Gasteiger partial charge in [0.05, 0.1) is 18.1 Å². The molecule has 6 nitrogen and oxygen atoms in total. The number of ether oxygens (including phenoxy) is 1. The topological polar surface area (TPSA) is 94.4 Å². The number of phenols is 1. The molecule has 2 aromatic rings. The van der Waals surface area contributed by atoms with Crippen LogP contribution < -0.4 is 10.5 Å². The molecule has 0 amide bonds. The van der Waals surface area contributed by atoms with Crippen LogP contribution in [0.2, 0.25) is 0 Å². The first-order valence-corrected chi connectivity index (χ1v) is 5.96. The van der Waals surface area contributed by atoms with E-state index in [1.165, 1.54) is 7.11 Å². The Balaban J connectivity index is 2.63. The molecule has 0 aliphatic rings. The van der Waals surface area contributed by atoms with Gasteiger partial charge in [-0.25, -0.2) is 0 Å². The SMILES string of the molecule is COc1c(O)cc(C)c(-c2noc(CN)n2)c1Br. The molecule has 0 bridgehead atoms. The van der Waals surface area contributed by atoms with E-state index < -0.39 is 0 Å². The van der Waals surface area contributed by atoms with Gasteiger partial charge < -0.3 is 20.1 Å². The zero-order valence-corrected chi connectivity index (χ0v) is 11.5. The number of halogens is 1. The molecule has 0 fully saturated rings. The minimum atomic E-state index is 0.0492. The van der Waals surface area contributed by atoms with Crippen LogP contribution in [0.25, 0.3) is 11.4 Å². The second kappa shape index (κ2) is 4.95. The van der Waals surface area contributed by atoms with Crippen molar-refractivity contribution in [3.05, 3.63) is 22.0 Å². The Kier molecular flexibility index (Phi) is 3.53. The van der Waals surface area contributed by atoms with Crippen LogP contribution in [0.15, 0.2) is 15.1 Å². The molecule has 3 N–H and O–H groups in total. The number of hydrogen-bond donors (Lipinski definition) is 2. The van der Waals surface area contributed by atoms with Crippen LogP contribution in [0.3, 0.4) is 0 Å². The number of aromatic nitrogens is 2. The van der Waals surface area contributed by atoms with Gasteiger partial charge >= 0.3 is 0 Å². The predicted octanol–water partition coefficient (Wildman–Crippen LogP) is 1.98. The summed E-state index contributed by atoms with van der Waals surface area (Å²) in [5.41, 5.74) is 6.92. The van der Waals surface area contributed by atoms with Gasteiger partial charge in [0.1, 0.15) is 0 Å². The first-order valence-electron chi connectivity index (χ1n) is 5.17. The van der Waals surface area contributed by atoms with Gasteiger partial charge in [0, 0.05) is 5.56 Å². The van der Waals surface area contributed by atoms with E-state index in [1.807, 2.05) is 6.92 Å². The fraction of sp³-hybridized carbons (Fsp3) is 0.273. The van der Waals surface area contributed by atoms with Gasteiger partial charge in [-0.2, -0.15) is 4.98 Å². The number of rotatable bonds is 3. The zero-order valence-electron chi connectivity index (χ0n) is 9.90. The van der Waals surface area contributed by atoms with Crippen molar-refractivity contribution in [2.75, 3.05) is 7.11 Å². The molecule has 0 radical (unpaired) electrons. The number of nitrogens with two attached hydrogens (primary N) is 1. The first-order chi connectivity index (χ1) is 8.58. The molecule has 18 heavy (non-hydrogen) atoms. The minimum Gasteiger partial charge on any atom is -0.504 e. The summed E-state index contributed by atoms with van der Waals surface area (Å²) in [6, 6.07) is 1.58. The molecule has 0 unspecified atom stereocenters. The second-order valence-corrected chi connectivity index (χ2v) is 4.44. The molecule has 1 aromatic heterocycles. The van der Waals surface area contributed by atoms with Crippen molar-refractivity contribution in [3.63, 3.8) is 0 Å². The van der Waals surface area contributed by atoms with Crippen molar-refractivity contribution < 1.29 is 14.4 Å². The standard InChI is InChI=1S/C11H12BrN3O3/c1-5-3-6(16)10(17-2)9(12)8(5)11-14-7(4-13)18-15-11/h3,16H,4,13H2,1-2H3. The Labute approximate surface area is 112 Å². The van der Waals surface area contributed by atoms with Gasteiger partial charge in [-0.3, -0.25) is 0 Å². The number of benzene rings is 1. The highest BCUT2D eigenvalue weighted by atomic mass is 79.9. The third kappa shape index (κ3) is 2.06. The van der Waals surface area contributed by atoms with Gasteiger partial charge in [0.25, 0.3) is 0 Å². The van der Waals surface area contributed by atoms with E-state index in [0.717, 1.165) is 5.56 Å². The van der Waals surface area contributed by atoms with Crippen molar-refractivity contribution in [2.24, 2.45) is 5.73 Å². The Hall–Kier alpha value is -1.60. The van der Waals surface area contributed by atoms with Gasteiger partial charge in [-0.15, -0.1) is 0 Å². The van der Waals surface area contributed by atoms with Crippen molar-refractivity contribution in [1.82, 2.24) is 10.1 Å². The lowest BCUT2D eigenvalue weighted by Crippen LogP contribution is -1.96. The van der Waals surface area contributed by atoms with Gasteiger partial charge in [-0.1, -0.05) is 5.16 Å². The molecule has 1 heterocycles. The van der Waals surface area contributed by atoms with Gasteiger partial charge in [0.15, 0.2) is 11.5 Å². The maximum Gasteiger partial charge on any atom is 0.240 e. The molecule has 2 rings (SSSR count). The molecule has 0 aliphatic carbocycles. The van der Waals surface area contributed by atoms with Gasteiger partial charge in [-0.05, 0) is 34.5 Å². The molecule has 7 heteroatoms. The average molecular weight is 314 g/mol. The van der Waals surface area contributed by atoms with Crippen LogP contribution in [0.1, 0.15) is 11.5 Å². The fourth-order valence-electron chi connectivity index (χ4n) is 1.65. The van der Waals surface area contributed by atoms with Crippen LogP contribution in [0.5, 0.6) is 11.5 Å². The Morgan fingerprint density at radius 2 is 2.28 bits per heavy atom. The van der Waals surface area contributed by atoms with E-state index in [4.69, 9.17) is 15.0 Å². The van der Waals surface area contributed by atoms with Crippen LogP contribution >= 0.6 is 15.9 Å². The fourth-order valence-corrected chi connectivity index (χ4v) is 2.50. The number of aromatic hydroxyl groups is 1. The maximum absolute atomic E-state index is 9.76. The summed E-state index contributed by atoms with van der Waals surface area (Å²) in [5, 5.41) is 13.6. The summed E-state index contributed by atoms with van der Waals surface area (Å²) in [6.45, 7) is 2.01. The molecule has 1 aromatic carbocycles. The lowest BCUT2D eigenvalue weighted by molar-refractivity contribution is 0.370. The average Bonchev–Trinajstić information content (AvgIpc) is 2.77. The quantitative estimate of drug-likeness (QED) is 0.899. The Morgan fingerprint density at radius 1 is 1.56 bits per heavy atom. The van der Waals surface area contributed by atoms with Gasteiger partial charge in [0.2, 0.25) is 11.7 Å². The molecular weight excluding hydrogens is 302 g/mol. The highest BCUT2D eigenvalue weighted by Crippen LogP contribution is 2.42. The maximum atomic E-state index is 9.76. The molecule has 0 aliphatic heterocycles. The Morgan fingerprint density at radius 3 is 2.83 bits per heavy atom. The predicted molar refractivity (Wildman–Crippen MR) is 68.3 cm³/mol. The smallest absolute Gasteiger partial charge is 0.240 e. The molecule has 96 valence electrons. The third-order valence-corrected chi connectivity index (χ3v) is 3.23. The van der Waals surface area contributed by atoms with Crippen LogP contribution in [-0.2, 0) is 6.54 Å². The highest BCUT2D eigenvalue weighted by Gasteiger charge is 2.20. The Bertz CT molecular complexity index is 583. The summed E-state index contributed by atoms with van der Waals surface area (Å²) in [6.07, 6.45) is 0. The van der Waals surface area contributed by atoms with E-state index in [1.54, 1.807) is 6.07 Å². The normalized spacial score (nSPS) is 10.7. The summed E-state index contributed by atoms with van der Waals surface area (Å²) in [4.78, 5) is 4.16. The van der Waals surface area contributed by atoms with Crippen molar-refractivity contribution in [2.45, 2.75) is 13.5 Å². The van der Waals surface area contributed by atoms with Crippen LogP contribution in [-0.4, -0.2) is 22.4 Å². The molecule has 0 saturated heterocycles. The lowest BCUT2D eigenvalue weighted by Gasteiger charge is -2.11. The number of nitrogens with zero attached hydrogens (tertiary/aromatic N) is 2. The summed E-state index contributed by atoms with van der Waals surface area (Å²) >= 11 is 3.37. The third-order valence-electron chi connectivity index (χ3n) is 2.47. The largest absolute Gasteiger partial charge is 0.504 e. The van der Waals surface area contributed by atoms with Crippen molar-refractivity contribution >= 4 is 15.9 Å². The van der Waals surface area contributed by atoms with E-state index in [-0.39, 0.29) is 12.3 Å². The van der Waals surface area contributed by atoms with Crippen LogP contribution in [0.4, 0.5) is 0 Å². The lowest BCUT2D eigenvalue weighted by atomic mass is 10.1. The highest BCUT2D eigenvalue weighted by molar-refractivity contribution is 9.10. The number of phenolic OH excluding ortho intramolecular Hbond substituents is 1. The zero-order chi connectivity index (χ0) is 13.3. The minimum absolute atomic E-state index is 0.0492. The van der Waals surface area contributed by atoms with Crippen LogP contribution in [0, 0.1) is 6.92 Å². The first kappa shape index (κ1) is 12.8.